The molecule has 2 aromatic carbocycles. The Morgan fingerprint density at radius 2 is 1.52 bits per heavy atom. The van der Waals surface area contributed by atoms with E-state index >= 15 is 0 Å². The Morgan fingerprint density at radius 1 is 0.931 bits per heavy atom. The summed E-state index contributed by atoms with van der Waals surface area (Å²) in [6, 6.07) is 13.1. The Bertz CT molecular complexity index is 968. The molecule has 0 bridgehead atoms. The summed E-state index contributed by atoms with van der Waals surface area (Å²) in [7, 11) is -1.90. The number of anilines is 2. The maximum absolute atomic E-state index is 12.7. The van der Waals surface area contributed by atoms with E-state index in [1.807, 2.05) is 13.8 Å². The van der Waals surface area contributed by atoms with E-state index in [2.05, 4.69) is 5.32 Å². The van der Waals surface area contributed by atoms with Crippen LogP contribution in [0, 0.1) is 0 Å². The number of carbonyl (C=O) groups excluding carboxylic acids is 2. The highest BCUT2D eigenvalue weighted by atomic mass is 32.2. The van der Waals surface area contributed by atoms with Gasteiger partial charge >= 0.3 is 0 Å². The minimum absolute atomic E-state index is 0.0108. The average molecular weight is 418 g/mol. The number of sulfonamides is 1. The van der Waals surface area contributed by atoms with Gasteiger partial charge in [0.15, 0.2) is 0 Å². The van der Waals surface area contributed by atoms with Gasteiger partial charge in [-0.25, -0.2) is 8.42 Å². The number of hydrogen-bond donors (Lipinski definition) is 1. The van der Waals surface area contributed by atoms with Crippen molar-refractivity contribution in [3.63, 3.8) is 0 Å². The minimum atomic E-state index is -3.37. The first-order chi connectivity index (χ1) is 13.7. The molecule has 0 heterocycles. The van der Waals surface area contributed by atoms with Gasteiger partial charge in [-0.2, -0.15) is 0 Å². The number of para-hydroxylation sites is 1. The molecule has 1 N–H and O–H groups in total. The molecule has 2 rings (SSSR count). The van der Waals surface area contributed by atoms with E-state index in [0.29, 0.717) is 35.6 Å². The first-order valence-corrected chi connectivity index (χ1v) is 11.1. The Kier molecular flexibility index (Phi) is 7.39. The number of carbonyl (C=O) groups is 2. The molecule has 29 heavy (non-hydrogen) atoms. The molecular formula is C21H27N3O4S. The number of rotatable bonds is 8. The summed E-state index contributed by atoms with van der Waals surface area (Å²) in [5, 5.41) is 2.78. The van der Waals surface area contributed by atoms with Gasteiger partial charge < -0.3 is 10.2 Å². The molecule has 7 nitrogen and oxygen atoms in total. The van der Waals surface area contributed by atoms with Gasteiger partial charge in [0.2, 0.25) is 10.0 Å². The number of hydrogen-bond acceptors (Lipinski definition) is 4. The summed E-state index contributed by atoms with van der Waals surface area (Å²) in [6.45, 7) is 6.53. The zero-order valence-electron chi connectivity index (χ0n) is 17.2. The molecule has 0 saturated carbocycles. The monoisotopic (exact) mass is 417 g/mol. The topological polar surface area (TPSA) is 86.8 Å². The smallest absolute Gasteiger partial charge is 0.255 e. The van der Waals surface area contributed by atoms with Crippen LogP contribution in [0.1, 0.15) is 41.5 Å². The Hall–Kier alpha value is -2.87. The van der Waals surface area contributed by atoms with Gasteiger partial charge in [-0.05, 0) is 57.2 Å². The van der Waals surface area contributed by atoms with Gasteiger partial charge in [-0.3, -0.25) is 13.9 Å². The normalized spacial score (nSPS) is 11.0. The molecule has 0 atom stereocenters. The molecule has 2 amide bonds. The molecule has 0 aliphatic carbocycles. The highest BCUT2D eigenvalue weighted by molar-refractivity contribution is 7.92. The van der Waals surface area contributed by atoms with E-state index in [-0.39, 0.29) is 17.6 Å². The van der Waals surface area contributed by atoms with E-state index < -0.39 is 10.0 Å². The molecule has 0 aliphatic rings. The molecule has 156 valence electrons. The van der Waals surface area contributed by atoms with Gasteiger partial charge in [0, 0.05) is 25.7 Å². The summed E-state index contributed by atoms with van der Waals surface area (Å²) in [5.41, 5.74) is 1.70. The van der Waals surface area contributed by atoms with Gasteiger partial charge in [0.25, 0.3) is 11.8 Å². The molecule has 2 aromatic rings. The third-order valence-electron chi connectivity index (χ3n) is 4.73. The lowest BCUT2D eigenvalue weighted by molar-refractivity contribution is 0.0774. The lowest BCUT2D eigenvalue weighted by Crippen LogP contribution is -2.31. The predicted octanol–water partition coefficient (Wildman–Crippen LogP) is 3.21. The van der Waals surface area contributed by atoms with Crippen LogP contribution in [0.25, 0.3) is 0 Å². The molecule has 0 aliphatic heterocycles. The average Bonchev–Trinajstić information content (AvgIpc) is 2.74. The predicted molar refractivity (Wildman–Crippen MR) is 116 cm³/mol. The van der Waals surface area contributed by atoms with Crippen LogP contribution in [0.2, 0.25) is 0 Å². The number of benzene rings is 2. The Labute approximate surface area is 172 Å². The van der Waals surface area contributed by atoms with Crippen molar-refractivity contribution in [1.29, 1.82) is 0 Å². The van der Waals surface area contributed by atoms with Crippen LogP contribution < -0.4 is 9.62 Å². The number of amides is 2. The van der Waals surface area contributed by atoms with Gasteiger partial charge in [0.05, 0.1) is 22.7 Å². The van der Waals surface area contributed by atoms with Crippen molar-refractivity contribution in [2.45, 2.75) is 20.8 Å². The third kappa shape index (κ3) is 5.14. The van der Waals surface area contributed by atoms with Crippen molar-refractivity contribution in [2.75, 3.05) is 35.5 Å². The maximum atomic E-state index is 12.7. The summed E-state index contributed by atoms with van der Waals surface area (Å²) >= 11 is 0. The highest BCUT2D eigenvalue weighted by Gasteiger charge is 2.19. The summed E-state index contributed by atoms with van der Waals surface area (Å²) in [5.74, 6) is -0.534. The van der Waals surface area contributed by atoms with Crippen molar-refractivity contribution in [1.82, 2.24) is 4.90 Å². The van der Waals surface area contributed by atoms with Crippen LogP contribution >= 0.6 is 0 Å². The zero-order valence-corrected chi connectivity index (χ0v) is 18.0. The van der Waals surface area contributed by atoms with E-state index in [1.165, 1.54) is 11.4 Å². The summed E-state index contributed by atoms with van der Waals surface area (Å²) in [6.07, 6.45) is 0. The number of nitrogens with zero attached hydrogens (tertiary/aromatic N) is 2. The van der Waals surface area contributed by atoms with Crippen molar-refractivity contribution in [3.05, 3.63) is 59.7 Å². The van der Waals surface area contributed by atoms with E-state index in [0.717, 1.165) is 0 Å². The van der Waals surface area contributed by atoms with Crippen LogP contribution in [0.4, 0.5) is 11.4 Å². The van der Waals surface area contributed by atoms with Gasteiger partial charge in [-0.15, -0.1) is 0 Å². The second-order valence-corrected chi connectivity index (χ2v) is 8.68. The fraction of sp³-hybridized carbons (Fsp3) is 0.333. The molecule has 0 unspecified atom stereocenters. The third-order valence-corrected chi connectivity index (χ3v) is 6.51. The Morgan fingerprint density at radius 3 is 2.07 bits per heavy atom. The molecule has 0 spiro atoms. The zero-order chi connectivity index (χ0) is 21.6. The van der Waals surface area contributed by atoms with E-state index in [9.17, 15) is 18.0 Å². The maximum Gasteiger partial charge on any atom is 0.255 e. The van der Waals surface area contributed by atoms with Crippen LogP contribution in [-0.4, -0.2) is 51.0 Å². The fourth-order valence-electron chi connectivity index (χ4n) is 2.83. The fourth-order valence-corrected chi connectivity index (χ4v) is 3.66. The van der Waals surface area contributed by atoms with Crippen molar-refractivity contribution in [3.8, 4) is 0 Å². The lowest BCUT2D eigenvalue weighted by atomic mass is 10.1. The molecular weight excluding hydrogens is 390 g/mol. The quantitative estimate of drug-likeness (QED) is 0.715. The molecule has 0 radical (unpaired) electrons. The molecule has 0 aromatic heterocycles. The Balaban J connectivity index is 2.23. The summed E-state index contributed by atoms with van der Waals surface area (Å²) < 4.78 is 25.1. The van der Waals surface area contributed by atoms with E-state index in [4.69, 9.17) is 0 Å². The van der Waals surface area contributed by atoms with Crippen molar-refractivity contribution >= 4 is 33.2 Å². The summed E-state index contributed by atoms with van der Waals surface area (Å²) in [4.78, 5) is 27.0. The highest BCUT2D eigenvalue weighted by Crippen LogP contribution is 2.21. The van der Waals surface area contributed by atoms with Gasteiger partial charge in [0.1, 0.15) is 0 Å². The van der Waals surface area contributed by atoms with Gasteiger partial charge in [-0.1, -0.05) is 12.1 Å². The minimum Gasteiger partial charge on any atom is -0.339 e. The van der Waals surface area contributed by atoms with Crippen LogP contribution in [0.5, 0.6) is 0 Å². The largest absolute Gasteiger partial charge is 0.339 e. The van der Waals surface area contributed by atoms with E-state index in [1.54, 1.807) is 60.4 Å². The second-order valence-electron chi connectivity index (χ2n) is 6.39. The van der Waals surface area contributed by atoms with Crippen LogP contribution in [0.15, 0.2) is 48.5 Å². The van der Waals surface area contributed by atoms with Crippen LogP contribution in [0.3, 0.4) is 0 Å². The van der Waals surface area contributed by atoms with Crippen molar-refractivity contribution in [2.24, 2.45) is 0 Å². The first-order valence-electron chi connectivity index (χ1n) is 9.51. The SMILES string of the molecule is CCN(CC)C(=O)c1ccccc1NC(=O)c1ccc(N(C)S(=O)(=O)CC)cc1. The van der Waals surface area contributed by atoms with Crippen molar-refractivity contribution < 1.29 is 18.0 Å². The second kappa shape index (κ2) is 9.56. The number of nitrogens with one attached hydrogen (secondary N) is 1. The lowest BCUT2D eigenvalue weighted by Gasteiger charge is -2.20. The molecule has 8 heteroatoms. The standard InChI is InChI=1S/C21H27N3O4S/c1-5-24(6-2)21(26)18-10-8-9-11-19(18)22-20(25)16-12-14-17(15-13-16)23(4)29(27,28)7-3/h8-15H,5-7H2,1-4H3,(H,22,25). The molecule has 0 saturated heterocycles. The van der Waals surface area contributed by atoms with Crippen LogP contribution in [-0.2, 0) is 10.0 Å². The molecule has 0 fully saturated rings. The first kappa shape index (κ1) is 22.4.